The first kappa shape index (κ1) is 5.69. The van der Waals surface area contributed by atoms with Gasteiger partial charge in [-0.25, -0.2) is 0 Å². The highest BCUT2D eigenvalue weighted by Crippen LogP contribution is 2.52. The van der Waals surface area contributed by atoms with E-state index >= 15 is 0 Å². The summed E-state index contributed by atoms with van der Waals surface area (Å²) in [7, 11) is 0. The molecule has 1 aliphatic heterocycles. The van der Waals surface area contributed by atoms with Crippen molar-refractivity contribution in [2.75, 3.05) is 6.54 Å². The number of fused-ring (bicyclic) bond motifs is 1. The summed E-state index contributed by atoms with van der Waals surface area (Å²) >= 11 is 0. The Morgan fingerprint density at radius 2 is 2.44 bits per heavy atom. The van der Waals surface area contributed by atoms with Gasteiger partial charge in [0, 0.05) is 12.1 Å². The number of hydrogen-bond acceptors (Lipinski definition) is 2. The third kappa shape index (κ3) is 0.634. The molecule has 1 heterocycles. The van der Waals surface area contributed by atoms with Gasteiger partial charge in [-0.2, -0.15) is 5.06 Å². The smallest absolute Gasteiger partial charge is 0.0464 e. The molecule has 1 aliphatic carbocycles. The molecule has 1 saturated carbocycles. The number of hydrogen-bond donors (Lipinski definition) is 1. The second kappa shape index (κ2) is 1.50. The summed E-state index contributed by atoms with van der Waals surface area (Å²) in [6.45, 7) is 3.03. The SMILES string of the molecule is CC12CC1CCCN2O. The van der Waals surface area contributed by atoms with Crippen LogP contribution in [-0.4, -0.2) is 22.4 Å². The average molecular weight is 127 g/mol. The minimum atomic E-state index is 0.193. The third-order valence-corrected chi connectivity index (χ3v) is 2.89. The summed E-state index contributed by atoms with van der Waals surface area (Å²) in [5, 5.41) is 10.8. The average Bonchev–Trinajstić information content (AvgIpc) is 2.44. The largest absolute Gasteiger partial charge is 0.313 e. The minimum absolute atomic E-state index is 0.193. The summed E-state index contributed by atoms with van der Waals surface area (Å²) < 4.78 is 0. The number of hydroxylamine groups is 2. The van der Waals surface area contributed by atoms with Crippen LogP contribution < -0.4 is 0 Å². The molecule has 1 N–H and O–H groups in total. The molecular formula is C7H13NO. The molecule has 0 spiro atoms. The van der Waals surface area contributed by atoms with Crippen LogP contribution in [0.4, 0.5) is 0 Å². The Morgan fingerprint density at radius 3 is 3.00 bits per heavy atom. The van der Waals surface area contributed by atoms with Gasteiger partial charge in [0.25, 0.3) is 0 Å². The molecule has 0 aromatic rings. The molecule has 1 saturated heterocycles. The lowest BCUT2D eigenvalue weighted by atomic mass is 10.1. The highest BCUT2D eigenvalue weighted by atomic mass is 16.5. The maximum Gasteiger partial charge on any atom is 0.0464 e. The van der Waals surface area contributed by atoms with Crippen molar-refractivity contribution >= 4 is 0 Å². The topological polar surface area (TPSA) is 23.5 Å². The first-order valence-corrected chi connectivity index (χ1v) is 3.70. The Bertz CT molecular complexity index is 137. The molecule has 0 amide bonds. The Kier molecular flexibility index (Phi) is 0.945. The third-order valence-electron chi connectivity index (χ3n) is 2.89. The van der Waals surface area contributed by atoms with Gasteiger partial charge in [0.05, 0.1) is 0 Å². The Labute approximate surface area is 55.4 Å². The summed E-state index contributed by atoms with van der Waals surface area (Å²) in [6, 6.07) is 0. The summed E-state index contributed by atoms with van der Waals surface area (Å²) in [5.41, 5.74) is 0.193. The zero-order valence-corrected chi connectivity index (χ0v) is 5.80. The van der Waals surface area contributed by atoms with E-state index < -0.39 is 0 Å². The fraction of sp³-hybridized carbons (Fsp3) is 1.00. The van der Waals surface area contributed by atoms with Crippen LogP contribution in [0.2, 0.25) is 0 Å². The van der Waals surface area contributed by atoms with Crippen LogP contribution in [0.5, 0.6) is 0 Å². The lowest BCUT2D eigenvalue weighted by molar-refractivity contribution is -0.148. The molecule has 2 atom stereocenters. The molecule has 2 nitrogen and oxygen atoms in total. The van der Waals surface area contributed by atoms with E-state index in [1.54, 1.807) is 0 Å². The molecular weight excluding hydrogens is 114 g/mol. The monoisotopic (exact) mass is 127 g/mol. The zero-order valence-electron chi connectivity index (χ0n) is 5.80. The molecule has 0 bridgehead atoms. The molecule has 2 rings (SSSR count). The second-order valence-corrected chi connectivity index (χ2v) is 3.52. The second-order valence-electron chi connectivity index (χ2n) is 3.52. The van der Waals surface area contributed by atoms with E-state index in [0.717, 1.165) is 12.5 Å². The highest BCUT2D eigenvalue weighted by Gasteiger charge is 2.55. The van der Waals surface area contributed by atoms with Gasteiger partial charge in [0.2, 0.25) is 0 Å². The number of nitrogens with zero attached hydrogens (tertiary/aromatic N) is 1. The van der Waals surface area contributed by atoms with Crippen LogP contribution in [0.3, 0.4) is 0 Å². The van der Waals surface area contributed by atoms with E-state index in [2.05, 4.69) is 6.92 Å². The van der Waals surface area contributed by atoms with E-state index in [4.69, 9.17) is 0 Å². The molecule has 2 fully saturated rings. The molecule has 2 aliphatic rings. The lowest BCUT2D eigenvalue weighted by Crippen LogP contribution is -2.37. The molecule has 0 aromatic carbocycles. The van der Waals surface area contributed by atoms with Crippen molar-refractivity contribution in [3.05, 3.63) is 0 Å². The van der Waals surface area contributed by atoms with Gasteiger partial charge >= 0.3 is 0 Å². The van der Waals surface area contributed by atoms with E-state index in [1.807, 2.05) is 0 Å². The van der Waals surface area contributed by atoms with Gasteiger partial charge in [0.15, 0.2) is 0 Å². The summed E-state index contributed by atoms with van der Waals surface area (Å²) in [4.78, 5) is 0. The van der Waals surface area contributed by atoms with E-state index in [0.29, 0.717) is 0 Å². The van der Waals surface area contributed by atoms with Crippen LogP contribution in [0.1, 0.15) is 26.2 Å². The van der Waals surface area contributed by atoms with Gasteiger partial charge in [-0.1, -0.05) is 0 Å². The number of piperidine rings is 1. The highest BCUT2D eigenvalue weighted by molar-refractivity contribution is 5.07. The van der Waals surface area contributed by atoms with Crippen molar-refractivity contribution in [2.45, 2.75) is 31.7 Å². The lowest BCUT2D eigenvalue weighted by Gasteiger charge is -2.27. The molecule has 2 unspecified atom stereocenters. The van der Waals surface area contributed by atoms with Gasteiger partial charge in [-0.15, -0.1) is 0 Å². The fourth-order valence-electron chi connectivity index (χ4n) is 1.91. The van der Waals surface area contributed by atoms with Gasteiger partial charge in [-0.05, 0) is 32.1 Å². The van der Waals surface area contributed by atoms with Gasteiger partial charge in [0.1, 0.15) is 0 Å². The van der Waals surface area contributed by atoms with E-state index in [9.17, 15) is 5.21 Å². The Balaban J connectivity index is 2.10. The molecule has 0 aromatic heterocycles. The van der Waals surface area contributed by atoms with Crippen molar-refractivity contribution in [3.8, 4) is 0 Å². The van der Waals surface area contributed by atoms with Crippen LogP contribution >= 0.6 is 0 Å². The maximum atomic E-state index is 9.31. The normalized spacial score (nSPS) is 50.7. The summed E-state index contributed by atoms with van der Waals surface area (Å²) in [5.74, 6) is 0.802. The summed E-state index contributed by atoms with van der Waals surface area (Å²) in [6.07, 6.45) is 3.72. The van der Waals surface area contributed by atoms with Gasteiger partial charge < -0.3 is 5.21 Å². The van der Waals surface area contributed by atoms with Crippen molar-refractivity contribution in [1.29, 1.82) is 0 Å². The van der Waals surface area contributed by atoms with Crippen LogP contribution in [0.25, 0.3) is 0 Å². The number of rotatable bonds is 0. The van der Waals surface area contributed by atoms with E-state index in [1.165, 1.54) is 24.3 Å². The first-order valence-electron chi connectivity index (χ1n) is 3.70. The predicted molar refractivity (Wildman–Crippen MR) is 34.2 cm³/mol. The molecule has 2 heteroatoms. The molecule has 0 radical (unpaired) electrons. The fourth-order valence-corrected chi connectivity index (χ4v) is 1.91. The van der Waals surface area contributed by atoms with Crippen LogP contribution in [0, 0.1) is 5.92 Å². The molecule has 52 valence electrons. The zero-order chi connectivity index (χ0) is 6.48. The van der Waals surface area contributed by atoms with Crippen molar-refractivity contribution in [3.63, 3.8) is 0 Å². The van der Waals surface area contributed by atoms with Crippen molar-refractivity contribution in [1.82, 2.24) is 5.06 Å². The maximum absolute atomic E-state index is 9.31. The van der Waals surface area contributed by atoms with Crippen molar-refractivity contribution < 1.29 is 5.21 Å². The van der Waals surface area contributed by atoms with Crippen LogP contribution in [0.15, 0.2) is 0 Å². The van der Waals surface area contributed by atoms with Crippen molar-refractivity contribution in [2.24, 2.45) is 5.92 Å². The molecule has 9 heavy (non-hydrogen) atoms. The minimum Gasteiger partial charge on any atom is -0.313 e. The quantitative estimate of drug-likeness (QED) is 0.529. The van der Waals surface area contributed by atoms with E-state index in [-0.39, 0.29) is 5.54 Å². The predicted octanol–water partition coefficient (Wildman–Crippen LogP) is 1.25. The first-order chi connectivity index (χ1) is 4.23. The Hall–Kier alpha value is -0.0800. The standard InChI is InChI=1S/C7H13NO/c1-7-5-6(7)3-2-4-8(7)9/h6,9H,2-5H2,1H3. The van der Waals surface area contributed by atoms with Gasteiger partial charge in [-0.3, -0.25) is 0 Å². The van der Waals surface area contributed by atoms with Crippen LogP contribution in [-0.2, 0) is 0 Å². The Morgan fingerprint density at radius 1 is 1.67 bits per heavy atom.